The van der Waals surface area contributed by atoms with Crippen molar-refractivity contribution < 1.29 is 19.3 Å². The maximum absolute atomic E-state index is 10.3. The second kappa shape index (κ2) is 6.46. The maximum Gasteiger partial charge on any atom is 0.161 e. The molecule has 1 N–H and O–H groups in total. The molecule has 4 heteroatoms. The topological polar surface area (TPSA) is 47.9 Å². The molecule has 2 unspecified atom stereocenters. The molecule has 2 atom stereocenters. The van der Waals surface area contributed by atoms with Crippen LogP contribution in [0.3, 0.4) is 0 Å². The molecule has 0 aliphatic carbocycles. The van der Waals surface area contributed by atoms with Crippen LogP contribution in [-0.2, 0) is 4.74 Å². The van der Waals surface area contributed by atoms with E-state index in [0.717, 1.165) is 42.9 Å². The summed E-state index contributed by atoms with van der Waals surface area (Å²) in [6, 6.07) is 5.70. The highest BCUT2D eigenvalue weighted by molar-refractivity contribution is 5.44. The van der Waals surface area contributed by atoms with Crippen molar-refractivity contribution in [2.75, 3.05) is 19.8 Å². The van der Waals surface area contributed by atoms with Gasteiger partial charge >= 0.3 is 0 Å². The lowest BCUT2D eigenvalue weighted by molar-refractivity contribution is 0.0943. The van der Waals surface area contributed by atoms with Crippen molar-refractivity contribution >= 4 is 0 Å². The Morgan fingerprint density at radius 2 is 2.00 bits per heavy atom. The van der Waals surface area contributed by atoms with Crippen molar-refractivity contribution in [2.24, 2.45) is 0 Å². The molecule has 2 aliphatic rings. The number of aliphatic hydroxyl groups is 1. The van der Waals surface area contributed by atoms with E-state index in [0.29, 0.717) is 19.3 Å². The van der Waals surface area contributed by atoms with Crippen LogP contribution in [0.2, 0.25) is 0 Å². The quantitative estimate of drug-likeness (QED) is 0.899. The minimum absolute atomic E-state index is 0.405. The summed E-state index contributed by atoms with van der Waals surface area (Å²) in [4.78, 5) is 0. The standard InChI is InChI=1S/C16H22O4/c17-14(5-1-3-13-4-2-8-18-13)12-6-7-15-16(11-12)20-10-9-19-15/h6-7,11,13-14,17H,1-5,8-10H2. The van der Waals surface area contributed by atoms with E-state index >= 15 is 0 Å². The molecule has 0 aromatic heterocycles. The van der Waals surface area contributed by atoms with Gasteiger partial charge in [-0.2, -0.15) is 0 Å². The van der Waals surface area contributed by atoms with Crippen LogP contribution in [0.4, 0.5) is 0 Å². The van der Waals surface area contributed by atoms with E-state index in [9.17, 15) is 5.11 Å². The normalized spacial score (nSPS) is 22.8. The van der Waals surface area contributed by atoms with Gasteiger partial charge in [0.1, 0.15) is 13.2 Å². The molecule has 0 radical (unpaired) electrons. The number of hydrogen-bond acceptors (Lipinski definition) is 4. The van der Waals surface area contributed by atoms with Gasteiger partial charge < -0.3 is 19.3 Å². The van der Waals surface area contributed by atoms with E-state index in [1.165, 1.54) is 12.8 Å². The first-order valence-electron chi connectivity index (χ1n) is 7.52. The first kappa shape index (κ1) is 13.7. The molecule has 0 amide bonds. The lowest BCUT2D eigenvalue weighted by Crippen LogP contribution is -2.15. The van der Waals surface area contributed by atoms with Gasteiger partial charge in [-0.25, -0.2) is 0 Å². The Balaban J connectivity index is 1.52. The van der Waals surface area contributed by atoms with Gasteiger partial charge in [0, 0.05) is 6.61 Å². The van der Waals surface area contributed by atoms with Crippen LogP contribution < -0.4 is 9.47 Å². The molecule has 1 aromatic carbocycles. The first-order chi connectivity index (χ1) is 9.83. The Hall–Kier alpha value is -1.26. The average molecular weight is 278 g/mol. The number of fused-ring (bicyclic) bond motifs is 1. The van der Waals surface area contributed by atoms with Crippen LogP contribution in [0.1, 0.15) is 43.8 Å². The van der Waals surface area contributed by atoms with Gasteiger partial charge in [-0.1, -0.05) is 6.07 Å². The Morgan fingerprint density at radius 3 is 2.80 bits per heavy atom. The number of ether oxygens (including phenoxy) is 3. The SMILES string of the molecule is OC(CCCC1CCCO1)c1ccc2c(c1)OCCO2. The summed E-state index contributed by atoms with van der Waals surface area (Å²) in [5, 5.41) is 10.3. The second-order valence-electron chi connectivity index (χ2n) is 5.48. The summed E-state index contributed by atoms with van der Waals surface area (Å²) in [5.74, 6) is 1.51. The predicted molar refractivity (Wildman–Crippen MR) is 75.2 cm³/mol. The Kier molecular flexibility index (Phi) is 4.43. The third-order valence-corrected chi connectivity index (χ3v) is 3.98. The van der Waals surface area contributed by atoms with E-state index < -0.39 is 6.10 Å². The molecular formula is C16H22O4. The van der Waals surface area contributed by atoms with E-state index in [2.05, 4.69) is 0 Å². The van der Waals surface area contributed by atoms with E-state index in [1.54, 1.807) is 0 Å². The molecule has 1 fully saturated rings. The Labute approximate surface area is 119 Å². The fraction of sp³-hybridized carbons (Fsp3) is 0.625. The largest absolute Gasteiger partial charge is 0.486 e. The van der Waals surface area contributed by atoms with Crippen LogP contribution in [0.25, 0.3) is 0 Å². The highest BCUT2D eigenvalue weighted by atomic mass is 16.6. The minimum Gasteiger partial charge on any atom is -0.486 e. The van der Waals surface area contributed by atoms with Gasteiger partial charge in [-0.05, 0) is 49.8 Å². The van der Waals surface area contributed by atoms with Gasteiger partial charge in [-0.15, -0.1) is 0 Å². The summed E-state index contributed by atoms with van der Waals surface area (Å²) < 4.78 is 16.6. The molecule has 3 rings (SSSR count). The summed E-state index contributed by atoms with van der Waals surface area (Å²) in [6.45, 7) is 2.07. The third-order valence-electron chi connectivity index (χ3n) is 3.98. The minimum atomic E-state index is -0.438. The molecule has 0 spiro atoms. The number of aliphatic hydroxyl groups excluding tert-OH is 1. The highest BCUT2D eigenvalue weighted by Gasteiger charge is 2.18. The number of rotatable bonds is 5. The van der Waals surface area contributed by atoms with Crippen molar-refractivity contribution in [1.82, 2.24) is 0 Å². The lowest BCUT2D eigenvalue weighted by atomic mass is 10.0. The maximum atomic E-state index is 10.3. The molecule has 0 bridgehead atoms. The van der Waals surface area contributed by atoms with Crippen molar-refractivity contribution in [3.63, 3.8) is 0 Å². The number of benzene rings is 1. The average Bonchev–Trinajstić information content (AvgIpc) is 3.00. The van der Waals surface area contributed by atoms with Crippen molar-refractivity contribution in [2.45, 2.75) is 44.3 Å². The molecule has 2 aliphatic heterocycles. The predicted octanol–water partition coefficient (Wildman–Crippen LogP) is 2.84. The fourth-order valence-corrected chi connectivity index (χ4v) is 2.84. The molecule has 20 heavy (non-hydrogen) atoms. The van der Waals surface area contributed by atoms with Gasteiger partial charge in [0.05, 0.1) is 12.2 Å². The summed E-state index contributed by atoms with van der Waals surface area (Å²) in [5.41, 5.74) is 0.904. The summed E-state index contributed by atoms with van der Waals surface area (Å²) >= 11 is 0. The monoisotopic (exact) mass is 278 g/mol. The molecule has 1 saturated heterocycles. The van der Waals surface area contributed by atoms with E-state index in [1.807, 2.05) is 18.2 Å². The van der Waals surface area contributed by atoms with Crippen LogP contribution in [0.15, 0.2) is 18.2 Å². The van der Waals surface area contributed by atoms with Crippen LogP contribution in [-0.4, -0.2) is 31.0 Å². The molecule has 110 valence electrons. The third kappa shape index (κ3) is 3.25. The van der Waals surface area contributed by atoms with Crippen molar-refractivity contribution in [1.29, 1.82) is 0 Å². The first-order valence-corrected chi connectivity index (χ1v) is 7.52. The summed E-state index contributed by atoms with van der Waals surface area (Å²) in [6.07, 6.45) is 5.10. The fourth-order valence-electron chi connectivity index (χ4n) is 2.84. The van der Waals surface area contributed by atoms with Crippen LogP contribution in [0, 0.1) is 0 Å². The Morgan fingerprint density at radius 1 is 1.15 bits per heavy atom. The lowest BCUT2D eigenvalue weighted by Gasteiger charge is -2.20. The van der Waals surface area contributed by atoms with E-state index in [4.69, 9.17) is 14.2 Å². The molecular weight excluding hydrogens is 256 g/mol. The molecule has 0 saturated carbocycles. The second-order valence-corrected chi connectivity index (χ2v) is 5.48. The molecule has 4 nitrogen and oxygen atoms in total. The smallest absolute Gasteiger partial charge is 0.161 e. The van der Waals surface area contributed by atoms with Crippen LogP contribution >= 0.6 is 0 Å². The Bertz CT molecular complexity index is 440. The zero-order valence-electron chi connectivity index (χ0n) is 11.7. The zero-order chi connectivity index (χ0) is 13.8. The van der Waals surface area contributed by atoms with E-state index in [-0.39, 0.29) is 0 Å². The van der Waals surface area contributed by atoms with Gasteiger partial charge in [0.25, 0.3) is 0 Å². The van der Waals surface area contributed by atoms with Crippen LogP contribution in [0.5, 0.6) is 11.5 Å². The summed E-state index contributed by atoms with van der Waals surface area (Å²) in [7, 11) is 0. The van der Waals surface area contributed by atoms with Crippen molar-refractivity contribution in [3.05, 3.63) is 23.8 Å². The van der Waals surface area contributed by atoms with Crippen molar-refractivity contribution in [3.8, 4) is 11.5 Å². The molecule has 1 aromatic rings. The van der Waals surface area contributed by atoms with Gasteiger partial charge in [0.2, 0.25) is 0 Å². The highest BCUT2D eigenvalue weighted by Crippen LogP contribution is 2.33. The van der Waals surface area contributed by atoms with Gasteiger partial charge in [0.15, 0.2) is 11.5 Å². The molecule has 2 heterocycles. The number of hydrogen-bond donors (Lipinski definition) is 1. The van der Waals surface area contributed by atoms with Gasteiger partial charge in [-0.3, -0.25) is 0 Å². The zero-order valence-corrected chi connectivity index (χ0v) is 11.7.